The van der Waals surface area contributed by atoms with Gasteiger partial charge in [-0.1, -0.05) is 20.8 Å². The summed E-state index contributed by atoms with van der Waals surface area (Å²) in [5, 5.41) is 19.0. The molecule has 104 valence electrons. The maximum absolute atomic E-state index is 10.1. The summed E-state index contributed by atoms with van der Waals surface area (Å²) in [6, 6.07) is 0. The number of hydrogen-bond donors (Lipinski definition) is 2. The molecule has 0 fully saturated rings. The molecule has 0 aliphatic rings. The van der Waals surface area contributed by atoms with Gasteiger partial charge in [-0.15, -0.1) is 0 Å². The predicted molar refractivity (Wildman–Crippen MR) is 67.6 cm³/mol. The maximum atomic E-state index is 10.1. The van der Waals surface area contributed by atoms with Crippen LogP contribution in [0, 0.1) is 17.8 Å². The van der Waals surface area contributed by atoms with Gasteiger partial charge in [-0.2, -0.15) is 0 Å². The van der Waals surface area contributed by atoms with Gasteiger partial charge in [0.1, 0.15) is 6.79 Å². The molecule has 0 amide bonds. The zero-order valence-corrected chi connectivity index (χ0v) is 11.6. The molecule has 0 saturated carbocycles. The fraction of sp³-hybridized carbons (Fsp3) is 1.00. The Bertz CT molecular complexity index is 175. The first-order valence-electron chi connectivity index (χ1n) is 6.38. The lowest BCUT2D eigenvalue weighted by Gasteiger charge is -2.26. The van der Waals surface area contributed by atoms with Crippen LogP contribution in [0.15, 0.2) is 0 Å². The molecule has 0 aliphatic heterocycles. The smallest absolute Gasteiger partial charge is 0.146 e. The second-order valence-corrected chi connectivity index (χ2v) is 5.08. The molecule has 0 aromatic heterocycles. The molecule has 4 nitrogen and oxygen atoms in total. The second-order valence-electron chi connectivity index (χ2n) is 5.08. The van der Waals surface area contributed by atoms with E-state index in [0.717, 1.165) is 12.8 Å². The highest BCUT2D eigenvalue weighted by Crippen LogP contribution is 2.22. The van der Waals surface area contributed by atoms with Crippen LogP contribution in [0.25, 0.3) is 0 Å². The molecule has 1 unspecified atom stereocenters. The molecule has 0 aliphatic carbocycles. The van der Waals surface area contributed by atoms with Crippen LogP contribution in [0.4, 0.5) is 0 Å². The van der Waals surface area contributed by atoms with Crippen LogP contribution in [-0.2, 0) is 9.47 Å². The summed E-state index contributed by atoms with van der Waals surface area (Å²) in [6.45, 7) is 7.13. The summed E-state index contributed by atoms with van der Waals surface area (Å²) < 4.78 is 10.0. The molecule has 0 rings (SSSR count). The van der Waals surface area contributed by atoms with Crippen molar-refractivity contribution in [2.45, 2.75) is 39.7 Å². The van der Waals surface area contributed by atoms with E-state index in [4.69, 9.17) is 14.6 Å². The Morgan fingerprint density at radius 1 is 1.12 bits per heavy atom. The molecule has 0 aromatic rings. The number of methoxy groups -OCH3 is 1. The van der Waals surface area contributed by atoms with Gasteiger partial charge >= 0.3 is 0 Å². The van der Waals surface area contributed by atoms with Crippen LogP contribution in [-0.4, -0.2) is 43.4 Å². The standard InChI is InChI=1S/C13H28O4/c1-10(5-6-14)7-11(2)13(15)12(3)8-17-9-16-4/h10-15H,5-9H2,1-4H3/t10-,11+,12+,13?/m0/s1. The number of ether oxygens (including phenoxy) is 2. The minimum Gasteiger partial charge on any atom is -0.396 e. The Morgan fingerprint density at radius 3 is 2.29 bits per heavy atom. The zero-order valence-electron chi connectivity index (χ0n) is 11.6. The van der Waals surface area contributed by atoms with Crippen LogP contribution in [0.5, 0.6) is 0 Å². The van der Waals surface area contributed by atoms with E-state index in [1.807, 2.05) is 13.8 Å². The molecule has 0 heterocycles. The summed E-state index contributed by atoms with van der Waals surface area (Å²) in [7, 11) is 1.58. The fourth-order valence-corrected chi connectivity index (χ4v) is 2.09. The van der Waals surface area contributed by atoms with Crippen molar-refractivity contribution in [2.24, 2.45) is 17.8 Å². The molecule has 0 spiro atoms. The molecule has 0 saturated heterocycles. The van der Waals surface area contributed by atoms with E-state index in [1.54, 1.807) is 7.11 Å². The van der Waals surface area contributed by atoms with Crippen molar-refractivity contribution in [1.29, 1.82) is 0 Å². The van der Waals surface area contributed by atoms with Crippen LogP contribution < -0.4 is 0 Å². The Kier molecular flexibility index (Phi) is 9.74. The molecule has 4 heteroatoms. The van der Waals surface area contributed by atoms with Crippen LogP contribution in [0.2, 0.25) is 0 Å². The summed E-state index contributed by atoms with van der Waals surface area (Å²) in [6.07, 6.45) is 1.36. The Morgan fingerprint density at radius 2 is 1.76 bits per heavy atom. The van der Waals surface area contributed by atoms with Crippen molar-refractivity contribution in [3.8, 4) is 0 Å². The highest BCUT2D eigenvalue weighted by atomic mass is 16.7. The van der Waals surface area contributed by atoms with Crippen molar-refractivity contribution >= 4 is 0 Å². The fourth-order valence-electron chi connectivity index (χ4n) is 2.09. The third-order valence-electron chi connectivity index (χ3n) is 3.14. The molecule has 0 radical (unpaired) electrons. The summed E-state index contributed by atoms with van der Waals surface area (Å²) in [5.41, 5.74) is 0. The Balaban J connectivity index is 3.88. The van der Waals surface area contributed by atoms with Crippen LogP contribution in [0.1, 0.15) is 33.6 Å². The highest BCUT2D eigenvalue weighted by Gasteiger charge is 2.22. The van der Waals surface area contributed by atoms with Gasteiger partial charge in [-0.25, -0.2) is 0 Å². The van der Waals surface area contributed by atoms with E-state index < -0.39 is 0 Å². The third-order valence-corrected chi connectivity index (χ3v) is 3.14. The van der Waals surface area contributed by atoms with E-state index >= 15 is 0 Å². The number of hydrogen-bond acceptors (Lipinski definition) is 4. The average Bonchev–Trinajstić information content (AvgIpc) is 2.28. The first kappa shape index (κ1) is 16.8. The largest absolute Gasteiger partial charge is 0.396 e. The van der Waals surface area contributed by atoms with Gasteiger partial charge in [0.05, 0.1) is 12.7 Å². The van der Waals surface area contributed by atoms with E-state index in [0.29, 0.717) is 12.5 Å². The SMILES string of the molecule is COCOC[C@@H](C)C(O)[C@H](C)C[C@@H](C)CCO. The van der Waals surface area contributed by atoms with Gasteiger partial charge in [0.25, 0.3) is 0 Å². The van der Waals surface area contributed by atoms with E-state index in [2.05, 4.69) is 6.92 Å². The first-order chi connectivity index (χ1) is 8.02. The molecule has 4 atom stereocenters. The van der Waals surface area contributed by atoms with E-state index in [9.17, 15) is 5.11 Å². The first-order valence-corrected chi connectivity index (χ1v) is 6.38. The van der Waals surface area contributed by atoms with Crippen molar-refractivity contribution in [3.63, 3.8) is 0 Å². The number of aliphatic hydroxyl groups is 2. The van der Waals surface area contributed by atoms with E-state index in [1.165, 1.54) is 0 Å². The lowest BCUT2D eigenvalue weighted by atomic mass is 9.86. The summed E-state index contributed by atoms with van der Waals surface area (Å²) in [4.78, 5) is 0. The lowest BCUT2D eigenvalue weighted by molar-refractivity contribution is -0.0653. The van der Waals surface area contributed by atoms with Crippen molar-refractivity contribution < 1.29 is 19.7 Å². The van der Waals surface area contributed by atoms with Crippen LogP contribution in [0.3, 0.4) is 0 Å². The predicted octanol–water partition coefficient (Wildman–Crippen LogP) is 1.65. The minimum atomic E-state index is -0.368. The van der Waals surface area contributed by atoms with E-state index in [-0.39, 0.29) is 31.3 Å². The van der Waals surface area contributed by atoms with Gasteiger partial charge in [0.15, 0.2) is 0 Å². The van der Waals surface area contributed by atoms with Gasteiger partial charge in [-0.05, 0) is 24.7 Å². The number of aliphatic hydroxyl groups excluding tert-OH is 2. The Hall–Kier alpha value is -0.160. The molecular weight excluding hydrogens is 220 g/mol. The van der Waals surface area contributed by atoms with Gasteiger partial charge < -0.3 is 19.7 Å². The minimum absolute atomic E-state index is 0.0986. The van der Waals surface area contributed by atoms with Crippen molar-refractivity contribution in [3.05, 3.63) is 0 Å². The van der Waals surface area contributed by atoms with Crippen molar-refractivity contribution in [1.82, 2.24) is 0 Å². The van der Waals surface area contributed by atoms with Gasteiger partial charge in [0, 0.05) is 19.6 Å². The quantitative estimate of drug-likeness (QED) is 0.456. The molecule has 0 aromatic carbocycles. The lowest BCUT2D eigenvalue weighted by Crippen LogP contribution is -2.30. The molecule has 17 heavy (non-hydrogen) atoms. The highest BCUT2D eigenvalue weighted by molar-refractivity contribution is 4.72. The zero-order chi connectivity index (χ0) is 13.3. The van der Waals surface area contributed by atoms with Crippen molar-refractivity contribution in [2.75, 3.05) is 27.1 Å². The molecule has 2 N–H and O–H groups in total. The van der Waals surface area contributed by atoms with Gasteiger partial charge in [0.2, 0.25) is 0 Å². The normalized spacial score (nSPS) is 18.7. The third kappa shape index (κ3) is 7.71. The molecule has 0 bridgehead atoms. The molecular formula is C13H28O4. The monoisotopic (exact) mass is 248 g/mol. The summed E-state index contributed by atoms with van der Waals surface area (Å²) >= 11 is 0. The number of rotatable bonds is 10. The maximum Gasteiger partial charge on any atom is 0.146 e. The topological polar surface area (TPSA) is 58.9 Å². The summed E-state index contributed by atoms with van der Waals surface area (Å²) in [5.74, 6) is 0.760. The van der Waals surface area contributed by atoms with Crippen LogP contribution >= 0.6 is 0 Å². The second kappa shape index (κ2) is 9.83. The van der Waals surface area contributed by atoms with Gasteiger partial charge in [-0.3, -0.25) is 0 Å². The Labute approximate surface area is 105 Å². The average molecular weight is 248 g/mol.